The molecule has 0 bridgehead atoms. The van der Waals surface area contributed by atoms with E-state index in [9.17, 15) is 13.6 Å². The summed E-state index contributed by atoms with van der Waals surface area (Å²) in [4.78, 5) is 12.3. The van der Waals surface area contributed by atoms with Gasteiger partial charge in [-0.2, -0.15) is 0 Å². The lowest BCUT2D eigenvalue weighted by atomic mass is 10.2. The third kappa shape index (κ3) is 6.20. The third-order valence-corrected chi connectivity index (χ3v) is 5.61. The van der Waals surface area contributed by atoms with Crippen LogP contribution >= 0.6 is 23.4 Å². The Morgan fingerprint density at radius 2 is 1.91 bits per heavy atom. The monoisotopic (exact) mass is 480 g/mol. The van der Waals surface area contributed by atoms with Crippen molar-refractivity contribution in [3.8, 4) is 5.75 Å². The van der Waals surface area contributed by atoms with Crippen molar-refractivity contribution in [1.29, 1.82) is 0 Å². The number of carbonyl (C=O) groups is 1. The first-order chi connectivity index (χ1) is 15.2. The first kappa shape index (κ1) is 24.0. The highest BCUT2D eigenvalue weighted by Crippen LogP contribution is 2.30. The van der Waals surface area contributed by atoms with Gasteiger partial charge in [0.25, 0.3) is 0 Å². The van der Waals surface area contributed by atoms with Gasteiger partial charge >= 0.3 is 0 Å². The van der Waals surface area contributed by atoms with Crippen LogP contribution in [0.1, 0.15) is 32.7 Å². The zero-order valence-electron chi connectivity index (χ0n) is 17.8. The Labute approximate surface area is 194 Å². The summed E-state index contributed by atoms with van der Waals surface area (Å²) in [6.45, 7) is 6.61. The Morgan fingerprint density at radius 3 is 2.59 bits per heavy atom. The van der Waals surface area contributed by atoms with Gasteiger partial charge in [-0.1, -0.05) is 49.3 Å². The molecule has 1 unspecified atom stereocenters. The van der Waals surface area contributed by atoms with E-state index in [1.54, 1.807) is 12.1 Å². The molecule has 2 aromatic carbocycles. The fourth-order valence-electron chi connectivity index (χ4n) is 2.93. The molecule has 1 heterocycles. The number of nitrogens with one attached hydrogen (secondary N) is 1. The molecule has 0 aliphatic heterocycles. The maximum atomic E-state index is 13.3. The van der Waals surface area contributed by atoms with Crippen LogP contribution in [0, 0.1) is 17.6 Å². The quantitative estimate of drug-likeness (QED) is 0.396. The Kier molecular flexibility index (Phi) is 8.09. The minimum Gasteiger partial charge on any atom is -0.481 e. The summed E-state index contributed by atoms with van der Waals surface area (Å²) in [5.41, 5.74) is 0.181. The Balaban J connectivity index is 1.70. The van der Waals surface area contributed by atoms with Gasteiger partial charge in [0.15, 0.2) is 28.7 Å². The lowest BCUT2D eigenvalue weighted by Gasteiger charge is -2.18. The summed E-state index contributed by atoms with van der Waals surface area (Å²) >= 11 is 7.39. The van der Waals surface area contributed by atoms with Gasteiger partial charge in [-0.15, -0.1) is 10.2 Å². The van der Waals surface area contributed by atoms with E-state index in [-0.39, 0.29) is 17.3 Å². The summed E-state index contributed by atoms with van der Waals surface area (Å²) in [7, 11) is 0. The molecular weight excluding hydrogens is 458 g/mol. The lowest BCUT2D eigenvalue weighted by molar-refractivity contribution is -0.113. The number of carbonyl (C=O) groups excluding carboxylic acids is 1. The number of amides is 1. The van der Waals surface area contributed by atoms with Gasteiger partial charge in [0.05, 0.1) is 10.8 Å². The first-order valence-corrected chi connectivity index (χ1v) is 11.3. The molecule has 0 fully saturated rings. The van der Waals surface area contributed by atoms with Gasteiger partial charge in [-0.05, 0) is 37.1 Å². The highest BCUT2D eigenvalue weighted by Gasteiger charge is 2.21. The normalized spacial score (nSPS) is 12.1. The molecule has 0 aliphatic carbocycles. The minimum absolute atomic E-state index is 0.0228. The Hall–Kier alpha value is -2.65. The lowest BCUT2D eigenvalue weighted by Crippen LogP contribution is -2.17. The van der Waals surface area contributed by atoms with Crippen molar-refractivity contribution in [2.24, 2.45) is 5.92 Å². The summed E-state index contributed by atoms with van der Waals surface area (Å²) in [5.74, 6) is -0.892. The first-order valence-electron chi connectivity index (χ1n) is 9.96. The molecule has 32 heavy (non-hydrogen) atoms. The maximum Gasteiger partial charge on any atom is 0.234 e. The second-order valence-electron chi connectivity index (χ2n) is 7.50. The molecule has 0 radical (unpaired) electrons. The van der Waals surface area contributed by atoms with Gasteiger partial charge in [0.1, 0.15) is 5.75 Å². The molecule has 10 heteroatoms. The number of halogens is 3. The predicted molar refractivity (Wildman–Crippen MR) is 121 cm³/mol. The maximum absolute atomic E-state index is 13.3. The van der Waals surface area contributed by atoms with Crippen LogP contribution < -0.4 is 10.1 Å². The van der Waals surface area contributed by atoms with Gasteiger partial charge in [0, 0.05) is 18.3 Å². The Morgan fingerprint density at radius 1 is 1.16 bits per heavy atom. The van der Waals surface area contributed by atoms with Crippen molar-refractivity contribution >= 4 is 35.0 Å². The van der Waals surface area contributed by atoms with Gasteiger partial charge < -0.3 is 14.6 Å². The molecule has 3 rings (SSSR count). The number of aromatic nitrogens is 3. The number of para-hydroxylation sites is 1. The molecule has 0 spiro atoms. The number of hydrogen-bond donors (Lipinski definition) is 1. The van der Waals surface area contributed by atoms with Crippen molar-refractivity contribution in [3.63, 3.8) is 0 Å². The van der Waals surface area contributed by atoms with E-state index >= 15 is 0 Å². The molecule has 3 aromatic rings. The van der Waals surface area contributed by atoms with Crippen molar-refractivity contribution < 1.29 is 18.3 Å². The number of rotatable bonds is 9. The fraction of sp³-hybridized carbons (Fsp3) is 0.318. The number of benzene rings is 2. The van der Waals surface area contributed by atoms with Gasteiger partial charge in [-0.3, -0.25) is 4.79 Å². The molecule has 0 saturated heterocycles. The van der Waals surface area contributed by atoms with Crippen molar-refractivity contribution in [2.75, 3.05) is 11.1 Å². The van der Waals surface area contributed by atoms with Crippen molar-refractivity contribution in [2.45, 2.75) is 38.6 Å². The van der Waals surface area contributed by atoms with Crippen LogP contribution in [0.5, 0.6) is 5.75 Å². The SMILES string of the molecule is CC(C)Cn1c(SCC(=O)Nc2ccc(F)c(F)c2)nnc1C(C)Oc1ccccc1Cl. The van der Waals surface area contributed by atoms with Gasteiger partial charge in [0.2, 0.25) is 5.91 Å². The van der Waals surface area contributed by atoms with Crippen molar-refractivity contribution in [1.82, 2.24) is 14.8 Å². The average molecular weight is 481 g/mol. The molecule has 1 amide bonds. The fourth-order valence-corrected chi connectivity index (χ4v) is 3.86. The summed E-state index contributed by atoms with van der Waals surface area (Å²) < 4.78 is 34.3. The molecule has 1 N–H and O–H groups in total. The van der Waals surface area contributed by atoms with Crippen LogP contribution in [-0.2, 0) is 11.3 Å². The van der Waals surface area contributed by atoms with Crippen LogP contribution in [0.15, 0.2) is 47.6 Å². The van der Waals surface area contributed by atoms with Crippen LogP contribution in [0.3, 0.4) is 0 Å². The van der Waals surface area contributed by atoms with E-state index in [1.165, 1.54) is 17.8 Å². The second-order valence-corrected chi connectivity index (χ2v) is 8.85. The minimum atomic E-state index is -1.02. The van der Waals surface area contributed by atoms with E-state index in [4.69, 9.17) is 16.3 Å². The number of anilines is 1. The molecule has 0 aliphatic rings. The average Bonchev–Trinajstić information content (AvgIpc) is 3.13. The standard InChI is InChI=1S/C22H23ClF2N4O2S/c1-13(2)11-29-21(14(3)31-19-7-5-4-6-16(19)23)27-28-22(29)32-12-20(30)26-15-8-9-17(24)18(25)10-15/h4-10,13-14H,11-12H2,1-3H3,(H,26,30). The molecule has 170 valence electrons. The van der Waals surface area contributed by atoms with Crippen LogP contribution in [0.4, 0.5) is 14.5 Å². The van der Waals surface area contributed by atoms with Crippen LogP contribution in [-0.4, -0.2) is 26.4 Å². The van der Waals surface area contributed by atoms with E-state index < -0.39 is 17.7 Å². The third-order valence-electron chi connectivity index (χ3n) is 4.33. The number of thioether (sulfide) groups is 1. The van der Waals surface area contributed by atoms with E-state index in [0.717, 1.165) is 12.1 Å². The molecule has 1 aromatic heterocycles. The zero-order valence-corrected chi connectivity index (χ0v) is 19.4. The van der Waals surface area contributed by atoms with Gasteiger partial charge in [-0.25, -0.2) is 8.78 Å². The number of nitrogens with zero attached hydrogens (tertiary/aromatic N) is 3. The van der Waals surface area contributed by atoms with Crippen LogP contribution in [0.25, 0.3) is 0 Å². The summed E-state index contributed by atoms with van der Waals surface area (Å²) in [5, 5.41) is 12.1. The highest BCUT2D eigenvalue weighted by atomic mass is 35.5. The van der Waals surface area contributed by atoms with E-state index in [1.807, 2.05) is 23.6 Å². The topological polar surface area (TPSA) is 69.0 Å². The molecule has 0 saturated carbocycles. The second kappa shape index (κ2) is 10.8. The highest BCUT2D eigenvalue weighted by molar-refractivity contribution is 7.99. The van der Waals surface area contributed by atoms with Crippen molar-refractivity contribution in [3.05, 3.63) is 64.9 Å². The zero-order chi connectivity index (χ0) is 23.3. The molecular formula is C22H23ClF2N4O2S. The Bertz CT molecular complexity index is 1090. The largest absolute Gasteiger partial charge is 0.481 e. The smallest absolute Gasteiger partial charge is 0.234 e. The number of ether oxygens (including phenoxy) is 1. The van der Waals surface area contributed by atoms with Crippen LogP contribution in [0.2, 0.25) is 5.02 Å². The van der Waals surface area contributed by atoms with E-state index in [0.29, 0.717) is 34.2 Å². The summed E-state index contributed by atoms with van der Waals surface area (Å²) in [6.07, 6.45) is -0.425. The molecule has 1 atom stereocenters. The molecule has 6 nitrogen and oxygen atoms in total. The summed E-state index contributed by atoms with van der Waals surface area (Å²) in [6, 6.07) is 10.4. The van der Waals surface area contributed by atoms with E-state index in [2.05, 4.69) is 29.4 Å². The number of hydrogen-bond acceptors (Lipinski definition) is 5. The predicted octanol–water partition coefficient (Wildman–Crippen LogP) is 5.74.